The van der Waals surface area contributed by atoms with Gasteiger partial charge in [0.15, 0.2) is 0 Å². The van der Waals surface area contributed by atoms with Crippen LogP contribution in [0.4, 0.5) is 0 Å². The van der Waals surface area contributed by atoms with E-state index in [1.807, 2.05) is 13.0 Å². The van der Waals surface area contributed by atoms with Crippen molar-refractivity contribution in [3.8, 4) is 0 Å². The van der Waals surface area contributed by atoms with Gasteiger partial charge >= 0.3 is 0 Å². The lowest BCUT2D eigenvalue weighted by atomic mass is 10.1. The van der Waals surface area contributed by atoms with Crippen LogP contribution < -0.4 is 0 Å². The lowest BCUT2D eigenvalue weighted by molar-refractivity contribution is 1.07. The molecule has 0 saturated carbocycles. The molecule has 0 spiro atoms. The molecule has 2 aromatic rings. The lowest BCUT2D eigenvalue weighted by Gasteiger charge is -2.09. The van der Waals surface area contributed by atoms with Gasteiger partial charge in [0.1, 0.15) is 0 Å². The minimum Gasteiger partial charge on any atom is -0.253 e. The second-order valence-electron chi connectivity index (χ2n) is 3.50. The van der Waals surface area contributed by atoms with Gasteiger partial charge in [-0.05, 0) is 59.7 Å². The Morgan fingerprint density at radius 2 is 2.13 bits per heavy atom. The van der Waals surface area contributed by atoms with Crippen LogP contribution in [-0.2, 0) is 6.42 Å². The van der Waals surface area contributed by atoms with Crippen molar-refractivity contribution in [2.45, 2.75) is 20.3 Å². The van der Waals surface area contributed by atoms with Crippen molar-refractivity contribution in [1.82, 2.24) is 4.98 Å². The van der Waals surface area contributed by atoms with E-state index in [-0.39, 0.29) is 0 Å². The summed E-state index contributed by atoms with van der Waals surface area (Å²) in [5, 5.41) is 1.92. The van der Waals surface area contributed by atoms with Gasteiger partial charge in [0.25, 0.3) is 0 Å². The average molecular weight is 332 g/mol. The highest BCUT2D eigenvalue weighted by molar-refractivity contribution is 14.1. The molecule has 0 fully saturated rings. The summed E-state index contributed by atoms with van der Waals surface area (Å²) in [7, 11) is 0. The van der Waals surface area contributed by atoms with Gasteiger partial charge in [-0.3, -0.25) is 4.98 Å². The van der Waals surface area contributed by atoms with E-state index in [0.717, 1.165) is 33.6 Å². The molecular weight excluding hydrogens is 320 g/mol. The van der Waals surface area contributed by atoms with Gasteiger partial charge in [-0.2, -0.15) is 0 Å². The first-order chi connectivity index (χ1) is 7.13. The number of benzene rings is 1. The summed E-state index contributed by atoms with van der Waals surface area (Å²) < 4.78 is 1.19. The number of hydrogen-bond acceptors (Lipinski definition) is 1. The van der Waals surface area contributed by atoms with E-state index >= 15 is 0 Å². The van der Waals surface area contributed by atoms with Gasteiger partial charge in [-0.25, -0.2) is 0 Å². The number of halogens is 2. The van der Waals surface area contributed by atoms with Crippen LogP contribution in [0.3, 0.4) is 0 Å². The normalized spacial score (nSPS) is 10.9. The quantitative estimate of drug-likeness (QED) is 0.707. The number of fused-ring (bicyclic) bond motifs is 1. The predicted molar refractivity (Wildman–Crippen MR) is 73.6 cm³/mol. The first-order valence-corrected chi connectivity index (χ1v) is 6.33. The van der Waals surface area contributed by atoms with Crippen LogP contribution in [0.5, 0.6) is 0 Å². The van der Waals surface area contributed by atoms with Crippen LogP contribution in [0, 0.1) is 10.5 Å². The Bertz CT molecular complexity index is 523. The van der Waals surface area contributed by atoms with Crippen molar-refractivity contribution in [3.63, 3.8) is 0 Å². The Kier molecular flexibility index (Phi) is 3.16. The highest BCUT2D eigenvalue weighted by Gasteiger charge is 2.09. The third kappa shape index (κ3) is 1.97. The molecule has 1 aromatic carbocycles. The molecule has 0 unspecified atom stereocenters. The van der Waals surface area contributed by atoms with Crippen LogP contribution >= 0.6 is 34.2 Å². The van der Waals surface area contributed by atoms with E-state index < -0.39 is 0 Å². The van der Waals surface area contributed by atoms with Gasteiger partial charge in [0, 0.05) is 14.7 Å². The zero-order valence-electron chi connectivity index (χ0n) is 8.64. The summed E-state index contributed by atoms with van der Waals surface area (Å²) in [6.45, 7) is 4.12. The second-order valence-corrected chi connectivity index (χ2v) is 5.13. The first-order valence-electron chi connectivity index (χ1n) is 4.87. The van der Waals surface area contributed by atoms with E-state index in [4.69, 9.17) is 11.6 Å². The number of nitrogens with zero attached hydrogens (tertiary/aromatic N) is 1. The number of aryl methyl sites for hydroxylation is 1. The smallest absolute Gasteiger partial charge is 0.0721 e. The van der Waals surface area contributed by atoms with Crippen LogP contribution in [0.2, 0.25) is 5.02 Å². The molecule has 0 aliphatic rings. The van der Waals surface area contributed by atoms with Crippen LogP contribution in [0.25, 0.3) is 10.9 Å². The Balaban J connectivity index is 2.86. The SMILES string of the molecule is CCc1c(C)nc2ccc(I)cc2c1Cl. The minimum atomic E-state index is 0.860. The van der Waals surface area contributed by atoms with Crippen molar-refractivity contribution in [1.29, 1.82) is 0 Å². The summed E-state index contributed by atoms with van der Waals surface area (Å²) in [5.41, 5.74) is 3.18. The third-order valence-corrected chi connectivity index (χ3v) is 3.64. The van der Waals surface area contributed by atoms with Crippen molar-refractivity contribution >= 4 is 45.1 Å². The summed E-state index contributed by atoms with van der Waals surface area (Å²) >= 11 is 8.67. The van der Waals surface area contributed by atoms with Crippen LogP contribution in [0.15, 0.2) is 18.2 Å². The minimum absolute atomic E-state index is 0.860. The third-order valence-electron chi connectivity index (χ3n) is 2.54. The Labute approximate surface area is 108 Å². The standard InChI is InChI=1S/C12H11ClIN/c1-3-9-7(2)15-11-5-4-8(14)6-10(11)12(9)13/h4-6H,3H2,1-2H3. The molecule has 0 amide bonds. The van der Waals surface area contributed by atoms with Crippen molar-refractivity contribution in [2.24, 2.45) is 0 Å². The van der Waals surface area contributed by atoms with Gasteiger partial charge < -0.3 is 0 Å². The van der Waals surface area contributed by atoms with Gasteiger partial charge in [-0.1, -0.05) is 18.5 Å². The largest absolute Gasteiger partial charge is 0.253 e. The molecule has 2 rings (SSSR count). The Morgan fingerprint density at radius 3 is 2.80 bits per heavy atom. The second kappa shape index (κ2) is 4.26. The molecule has 3 heteroatoms. The maximum atomic E-state index is 6.38. The van der Waals surface area contributed by atoms with E-state index in [1.54, 1.807) is 0 Å². The molecule has 0 saturated heterocycles. The van der Waals surface area contributed by atoms with Gasteiger partial charge in [0.2, 0.25) is 0 Å². The number of hydrogen-bond donors (Lipinski definition) is 0. The zero-order valence-corrected chi connectivity index (χ0v) is 11.6. The average Bonchev–Trinajstić information content (AvgIpc) is 2.20. The number of aromatic nitrogens is 1. The van der Waals surface area contributed by atoms with Gasteiger partial charge in [0.05, 0.1) is 10.5 Å². The fourth-order valence-electron chi connectivity index (χ4n) is 1.76. The monoisotopic (exact) mass is 331 g/mol. The fraction of sp³-hybridized carbons (Fsp3) is 0.250. The van der Waals surface area contributed by atoms with E-state index in [9.17, 15) is 0 Å². The summed E-state index contributed by atoms with van der Waals surface area (Å²) in [6, 6.07) is 6.16. The molecule has 78 valence electrons. The maximum Gasteiger partial charge on any atom is 0.0721 e. The summed E-state index contributed by atoms with van der Waals surface area (Å²) in [6.07, 6.45) is 0.930. The topological polar surface area (TPSA) is 12.9 Å². The molecule has 1 heterocycles. The van der Waals surface area contributed by atoms with E-state index in [2.05, 4.69) is 46.6 Å². The zero-order chi connectivity index (χ0) is 11.0. The summed E-state index contributed by atoms with van der Waals surface area (Å²) in [4.78, 5) is 4.56. The molecule has 0 atom stereocenters. The molecule has 0 aliphatic carbocycles. The van der Waals surface area contributed by atoms with Crippen LogP contribution in [0.1, 0.15) is 18.2 Å². The first kappa shape index (κ1) is 11.1. The molecule has 15 heavy (non-hydrogen) atoms. The molecule has 0 N–H and O–H groups in total. The number of rotatable bonds is 1. The molecule has 0 radical (unpaired) electrons. The number of pyridine rings is 1. The summed E-state index contributed by atoms with van der Waals surface area (Å²) in [5.74, 6) is 0. The van der Waals surface area contributed by atoms with Gasteiger partial charge in [-0.15, -0.1) is 0 Å². The highest BCUT2D eigenvalue weighted by atomic mass is 127. The van der Waals surface area contributed by atoms with Crippen molar-refractivity contribution < 1.29 is 0 Å². The van der Waals surface area contributed by atoms with Crippen molar-refractivity contribution in [2.75, 3.05) is 0 Å². The van der Waals surface area contributed by atoms with Crippen molar-refractivity contribution in [3.05, 3.63) is 38.0 Å². The lowest BCUT2D eigenvalue weighted by Crippen LogP contribution is -1.94. The fourth-order valence-corrected chi connectivity index (χ4v) is 2.68. The van der Waals surface area contributed by atoms with E-state index in [1.165, 1.54) is 3.57 Å². The molecule has 0 bridgehead atoms. The molecule has 0 aliphatic heterocycles. The highest BCUT2D eigenvalue weighted by Crippen LogP contribution is 2.29. The predicted octanol–water partition coefficient (Wildman–Crippen LogP) is 4.36. The Hall–Kier alpha value is -0.350. The molecule has 1 aromatic heterocycles. The Morgan fingerprint density at radius 1 is 1.40 bits per heavy atom. The van der Waals surface area contributed by atoms with E-state index in [0.29, 0.717) is 0 Å². The maximum absolute atomic E-state index is 6.38. The molecule has 1 nitrogen and oxygen atoms in total. The molecular formula is C12H11ClIN. The van der Waals surface area contributed by atoms with Crippen LogP contribution in [-0.4, -0.2) is 4.98 Å².